The van der Waals surface area contributed by atoms with Gasteiger partial charge in [-0.2, -0.15) is 0 Å². The second kappa shape index (κ2) is 4.29. The molecule has 0 atom stereocenters. The molecule has 1 saturated heterocycles. The fourth-order valence-electron chi connectivity index (χ4n) is 1.71. The number of pyridine rings is 1. The largest absolute Gasteiger partial charge is 0.514 e. The molecule has 0 amide bonds. The van der Waals surface area contributed by atoms with Crippen molar-refractivity contribution in [3.63, 3.8) is 0 Å². The van der Waals surface area contributed by atoms with Crippen molar-refractivity contribution < 1.29 is 17.7 Å². The SMILES string of the molecule is CC1(C)OB(c2ccc(S(C)(=O)=O)cn2)OC1(C)C. The molecular formula is C12H18BNO4S. The summed E-state index contributed by atoms with van der Waals surface area (Å²) in [5.41, 5.74) is -0.296. The lowest BCUT2D eigenvalue weighted by molar-refractivity contribution is 0.00578. The van der Waals surface area contributed by atoms with Crippen LogP contribution in [-0.4, -0.2) is 38.0 Å². The normalized spacial score (nSPS) is 21.6. The summed E-state index contributed by atoms with van der Waals surface area (Å²) < 4.78 is 34.4. The highest BCUT2D eigenvalue weighted by Crippen LogP contribution is 2.36. The summed E-state index contributed by atoms with van der Waals surface area (Å²) in [6.07, 6.45) is 2.48. The molecule has 0 unspecified atom stereocenters. The average molecular weight is 283 g/mol. The summed E-state index contributed by atoms with van der Waals surface area (Å²) in [6, 6.07) is 3.14. The molecule has 104 valence electrons. The van der Waals surface area contributed by atoms with Gasteiger partial charge in [0.05, 0.1) is 21.7 Å². The summed E-state index contributed by atoms with van der Waals surface area (Å²) in [6.45, 7) is 7.82. The Hall–Kier alpha value is -0.915. The number of hydrogen-bond acceptors (Lipinski definition) is 5. The highest BCUT2D eigenvalue weighted by Gasteiger charge is 2.52. The molecule has 0 N–H and O–H groups in total. The van der Waals surface area contributed by atoms with Crippen LogP contribution in [-0.2, 0) is 19.1 Å². The third kappa shape index (κ3) is 2.68. The summed E-state index contributed by atoms with van der Waals surface area (Å²) in [7, 11) is -3.80. The molecule has 1 aliphatic heterocycles. The Morgan fingerprint density at radius 2 is 1.63 bits per heavy atom. The Labute approximate surface area is 114 Å². The van der Waals surface area contributed by atoms with Crippen molar-refractivity contribution in [2.75, 3.05) is 6.26 Å². The molecule has 0 aliphatic carbocycles. The van der Waals surface area contributed by atoms with Crippen molar-refractivity contribution in [3.8, 4) is 0 Å². The molecule has 0 saturated carbocycles. The maximum absolute atomic E-state index is 11.4. The minimum atomic E-state index is -3.23. The number of aromatic nitrogens is 1. The smallest absolute Gasteiger partial charge is 0.398 e. The lowest BCUT2D eigenvalue weighted by Crippen LogP contribution is -2.41. The lowest BCUT2D eigenvalue weighted by Gasteiger charge is -2.32. The Morgan fingerprint density at radius 3 is 2.00 bits per heavy atom. The summed E-state index contributed by atoms with van der Waals surface area (Å²) in [5, 5.41) is 0. The van der Waals surface area contributed by atoms with Crippen LogP contribution in [0.3, 0.4) is 0 Å². The molecule has 0 aromatic carbocycles. The van der Waals surface area contributed by atoms with E-state index in [2.05, 4.69) is 4.98 Å². The topological polar surface area (TPSA) is 65.5 Å². The Kier molecular flexibility index (Phi) is 3.28. The van der Waals surface area contributed by atoms with Gasteiger partial charge in [0.25, 0.3) is 0 Å². The molecular weight excluding hydrogens is 265 g/mol. The van der Waals surface area contributed by atoms with Gasteiger partial charge >= 0.3 is 7.12 Å². The van der Waals surface area contributed by atoms with Crippen LogP contribution in [0.5, 0.6) is 0 Å². The molecule has 7 heteroatoms. The fourth-order valence-corrected chi connectivity index (χ4v) is 2.27. The van der Waals surface area contributed by atoms with E-state index in [1.807, 2.05) is 27.7 Å². The van der Waals surface area contributed by atoms with Crippen molar-refractivity contribution in [3.05, 3.63) is 18.3 Å². The van der Waals surface area contributed by atoms with E-state index in [-0.39, 0.29) is 4.90 Å². The lowest BCUT2D eigenvalue weighted by atomic mass is 9.84. The van der Waals surface area contributed by atoms with Crippen LogP contribution in [0.15, 0.2) is 23.2 Å². The zero-order valence-corrected chi connectivity index (χ0v) is 12.6. The van der Waals surface area contributed by atoms with E-state index in [1.54, 1.807) is 6.07 Å². The van der Waals surface area contributed by atoms with Crippen molar-refractivity contribution in [1.82, 2.24) is 4.98 Å². The standard InChI is InChI=1S/C12H18BNO4S/c1-11(2)12(3,4)18-13(17-11)10-7-6-9(8-14-10)19(5,15)16/h6-8H,1-5H3. The van der Waals surface area contributed by atoms with Crippen molar-refractivity contribution in [2.45, 2.75) is 43.8 Å². The van der Waals surface area contributed by atoms with E-state index in [1.165, 1.54) is 12.3 Å². The first kappa shape index (κ1) is 14.5. The Morgan fingerprint density at radius 1 is 1.11 bits per heavy atom. The van der Waals surface area contributed by atoms with Crippen LogP contribution in [0.1, 0.15) is 27.7 Å². The fraction of sp³-hybridized carbons (Fsp3) is 0.583. The van der Waals surface area contributed by atoms with Gasteiger partial charge in [0, 0.05) is 12.5 Å². The molecule has 1 aromatic heterocycles. The zero-order chi connectivity index (χ0) is 14.5. The van der Waals surface area contributed by atoms with Crippen LogP contribution in [0.2, 0.25) is 0 Å². The average Bonchev–Trinajstić information content (AvgIpc) is 2.47. The summed E-state index contributed by atoms with van der Waals surface area (Å²) >= 11 is 0. The van der Waals surface area contributed by atoms with Crippen LogP contribution >= 0.6 is 0 Å². The van der Waals surface area contributed by atoms with E-state index < -0.39 is 28.2 Å². The second-order valence-corrected chi connectivity index (χ2v) is 7.79. The monoisotopic (exact) mass is 283 g/mol. The predicted octanol–water partition coefficient (Wildman–Crippen LogP) is 0.784. The summed E-state index contributed by atoms with van der Waals surface area (Å²) in [5.74, 6) is 0. The molecule has 2 heterocycles. The zero-order valence-electron chi connectivity index (χ0n) is 11.8. The molecule has 0 spiro atoms. The minimum Gasteiger partial charge on any atom is -0.398 e. The van der Waals surface area contributed by atoms with Crippen molar-refractivity contribution in [2.24, 2.45) is 0 Å². The quantitative estimate of drug-likeness (QED) is 0.751. The molecule has 5 nitrogen and oxygen atoms in total. The highest BCUT2D eigenvalue weighted by molar-refractivity contribution is 7.90. The Balaban J connectivity index is 2.26. The van der Waals surface area contributed by atoms with Crippen LogP contribution in [0.25, 0.3) is 0 Å². The van der Waals surface area contributed by atoms with Crippen molar-refractivity contribution in [1.29, 1.82) is 0 Å². The number of rotatable bonds is 2. The van der Waals surface area contributed by atoms with Gasteiger partial charge in [0.15, 0.2) is 9.84 Å². The maximum atomic E-state index is 11.4. The minimum absolute atomic E-state index is 0.188. The van der Waals surface area contributed by atoms with Gasteiger partial charge in [-0.05, 0) is 39.8 Å². The molecule has 1 aliphatic rings. The van der Waals surface area contributed by atoms with Gasteiger partial charge in [0.2, 0.25) is 0 Å². The van der Waals surface area contributed by atoms with Crippen molar-refractivity contribution >= 4 is 22.5 Å². The van der Waals surface area contributed by atoms with Gasteiger partial charge < -0.3 is 9.31 Å². The predicted molar refractivity (Wildman–Crippen MR) is 73.1 cm³/mol. The molecule has 19 heavy (non-hydrogen) atoms. The van der Waals surface area contributed by atoms with E-state index in [4.69, 9.17) is 9.31 Å². The highest BCUT2D eigenvalue weighted by atomic mass is 32.2. The van der Waals surface area contributed by atoms with Gasteiger partial charge in [-0.1, -0.05) is 0 Å². The Bertz CT molecular complexity index is 564. The van der Waals surface area contributed by atoms with E-state index in [0.29, 0.717) is 5.59 Å². The number of nitrogens with zero attached hydrogens (tertiary/aromatic N) is 1. The number of sulfone groups is 1. The van der Waals surface area contributed by atoms with Crippen LogP contribution in [0, 0.1) is 0 Å². The second-order valence-electron chi connectivity index (χ2n) is 5.78. The van der Waals surface area contributed by atoms with E-state index in [9.17, 15) is 8.42 Å². The molecule has 1 aromatic rings. The van der Waals surface area contributed by atoms with Gasteiger partial charge in [-0.3, -0.25) is 4.98 Å². The number of hydrogen-bond donors (Lipinski definition) is 0. The summed E-state index contributed by atoms with van der Waals surface area (Å²) in [4.78, 5) is 4.32. The first-order valence-corrected chi connectivity index (χ1v) is 7.94. The first-order chi connectivity index (χ1) is 8.53. The van der Waals surface area contributed by atoms with Crippen LogP contribution in [0.4, 0.5) is 0 Å². The van der Waals surface area contributed by atoms with E-state index in [0.717, 1.165) is 6.26 Å². The van der Waals surface area contributed by atoms with Gasteiger partial charge in [0.1, 0.15) is 0 Å². The third-order valence-electron chi connectivity index (χ3n) is 3.68. The molecule has 2 rings (SSSR count). The third-order valence-corrected chi connectivity index (χ3v) is 4.78. The molecule has 0 bridgehead atoms. The van der Waals surface area contributed by atoms with E-state index >= 15 is 0 Å². The van der Waals surface area contributed by atoms with Gasteiger partial charge in [-0.15, -0.1) is 0 Å². The first-order valence-electron chi connectivity index (χ1n) is 6.05. The maximum Gasteiger partial charge on any atom is 0.514 e. The van der Waals surface area contributed by atoms with Crippen LogP contribution < -0.4 is 5.59 Å². The molecule has 0 radical (unpaired) electrons. The van der Waals surface area contributed by atoms with Gasteiger partial charge in [-0.25, -0.2) is 8.42 Å². The molecule has 1 fully saturated rings.